The molecule has 0 fully saturated rings. The van der Waals surface area contributed by atoms with Crippen molar-refractivity contribution in [3.8, 4) is 11.5 Å². The van der Waals surface area contributed by atoms with Crippen LogP contribution in [0.1, 0.15) is 15.9 Å². The molecule has 28 heavy (non-hydrogen) atoms. The van der Waals surface area contributed by atoms with Crippen LogP contribution in [-0.4, -0.2) is 29.3 Å². The summed E-state index contributed by atoms with van der Waals surface area (Å²) >= 11 is 0. The van der Waals surface area contributed by atoms with Gasteiger partial charge in [-0.3, -0.25) is 14.4 Å². The van der Waals surface area contributed by atoms with Crippen molar-refractivity contribution in [3.05, 3.63) is 62.2 Å². The van der Waals surface area contributed by atoms with Gasteiger partial charge in [-0.15, -0.1) is 0 Å². The van der Waals surface area contributed by atoms with Crippen molar-refractivity contribution in [2.24, 2.45) is 14.1 Å². The summed E-state index contributed by atoms with van der Waals surface area (Å²) in [6.45, 7) is 1.82. The van der Waals surface area contributed by atoms with E-state index in [2.05, 4.69) is 5.32 Å². The highest BCUT2D eigenvalue weighted by atomic mass is 16.5. The lowest BCUT2D eigenvalue weighted by molar-refractivity contribution is 0.102. The van der Waals surface area contributed by atoms with E-state index in [1.807, 2.05) is 6.92 Å². The van der Waals surface area contributed by atoms with E-state index >= 15 is 0 Å². The number of nitrogens with one attached hydrogen (secondary N) is 1. The lowest BCUT2D eigenvalue weighted by atomic mass is 10.1. The van der Waals surface area contributed by atoms with Crippen molar-refractivity contribution >= 4 is 22.6 Å². The number of carbonyl (C=O) groups is 1. The minimum atomic E-state index is -0.629. The van der Waals surface area contributed by atoms with Crippen LogP contribution in [0, 0.1) is 6.92 Å². The van der Waals surface area contributed by atoms with Gasteiger partial charge in [-0.1, -0.05) is 0 Å². The molecule has 0 aliphatic carbocycles. The van der Waals surface area contributed by atoms with Crippen LogP contribution in [0.15, 0.2) is 39.9 Å². The maximum absolute atomic E-state index is 12.7. The molecule has 0 spiro atoms. The minimum absolute atomic E-state index is 0.335. The summed E-state index contributed by atoms with van der Waals surface area (Å²) in [5.41, 5.74) is 1.61. The van der Waals surface area contributed by atoms with Gasteiger partial charge in [0.15, 0.2) is 11.5 Å². The Kier molecular flexibility index (Phi) is 4.96. The molecular formula is C20H21N3O5. The first-order valence-electron chi connectivity index (χ1n) is 8.52. The fourth-order valence-corrected chi connectivity index (χ4v) is 3.03. The Balaban J connectivity index is 2.05. The molecule has 1 N–H and O–H groups in total. The molecule has 0 saturated carbocycles. The van der Waals surface area contributed by atoms with Gasteiger partial charge < -0.3 is 23.9 Å². The maximum atomic E-state index is 12.7. The number of nitrogens with zero attached hydrogens (tertiary/aromatic N) is 2. The van der Waals surface area contributed by atoms with Crippen molar-refractivity contribution < 1.29 is 14.3 Å². The Morgan fingerprint density at radius 2 is 1.46 bits per heavy atom. The number of rotatable bonds is 4. The van der Waals surface area contributed by atoms with Crippen LogP contribution in [0.3, 0.4) is 0 Å². The van der Waals surface area contributed by atoms with E-state index in [9.17, 15) is 14.4 Å². The number of aromatic nitrogens is 2. The van der Waals surface area contributed by atoms with Crippen molar-refractivity contribution in [1.82, 2.24) is 9.13 Å². The van der Waals surface area contributed by atoms with Crippen LogP contribution < -0.4 is 25.9 Å². The molecule has 0 atom stereocenters. The van der Waals surface area contributed by atoms with E-state index in [4.69, 9.17) is 9.47 Å². The van der Waals surface area contributed by atoms with Crippen molar-refractivity contribution in [2.45, 2.75) is 6.92 Å². The van der Waals surface area contributed by atoms with Crippen LogP contribution in [0.4, 0.5) is 5.69 Å². The smallest absolute Gasteiger partial charge is 0.316 e. The summed E-state index contributed by atoms with van der Waals surface area (Å²) in [5.74, 6) is 0.637. The fourth-order valence-electron chi connectivity index (χ4n) is 3.03. The largest absolute Gasteiger partial charge is 0.493 e. The van der Waals surface area contributed by atoms with E-state index in [-0.39, 0.29) is 5.91 Å². The van der Waals surface area contributed by atoms with Crippen molar-refractivity contribution in [2.75, 3.05) is 19.5 Å². The Morgan fingerprint density at radius 3 is 2.04 bits per heavy atom. The van der Waals surface area contributed by atoms with E-state index in [1.54, 1.807) is 37.4 Å². The molecular weight excluding hydrogens is 362 g/mol. The van der Waals surface area contributed by atoms with Crippen molar-refractivity contribution in [1.29, 1.82) is 0 Å². The van der Waals surface area contributed by atoms with Gasteiger partial charge in [0.25, 0.3) is 5.91 Å². The van der Waals surface area contributed by atoms with Gasteiger partial charge in [0.2, 0.25) is 0 Å². The van der Waals surface area contributed by atoms with E-state index in [0.29, 0.717) is 33.8 Å². The van der Waals surface area contributed by atoms with Crippen LogP contribution >= 0.6 is 0 Å². The van der Waals surface area contributed by atoms with Gasteiger partial charge in [-0.05, 0) is 42.8 Å². The normalized spacial score (nSPS) is 10.8. The maximum Gasteiger partial charge on any atom is 0.316 e. The van der Waals surface area contributed by atoms with Gasteiger partial charge in [-0.2, -0.15) is 0 Å². The zero-order valence-corrected chi connectivity index (χ0v) is 16.3. The van der Waals surface area contributed by atoms with Gasteiger partial charge in [0.05, 0.1) is 25.3 Å². The summed E-state index contributed by atoms with van der Waals surface area (Å²) in [6, 6.07) is 8.32. The molecule has 2 aromatic carbocycles. The summed E-state index contributed by atoms with van der Waals surface area (Å²) in [5, 5.41) is 2.85. The highest BCUT2D eigenvalue weighted by Crippen LogP contribution is 2.28. The van der Waals surface area contributed by atoms with Gasteiger partial charge in [0.1, 0.15) is 0 Å². The molecule has 0 aliphatic heterocycles. The van der Waals surface area contributed by atoms with Crippen LogP contribution in [0.5, 0.6) is 11.5 Å². The molecule has 0 unspecified atom stereocenters. The van der Waals surface area contributed by atoms with Gasteiger partial charge in [0, 0.05) is 25.3 Å². The van der Waals surface area contributed by atoms with Gasteiger partial charge >= 0.3 is 11.1 Å². The first kappa shape index (κ1) is 19.2. The summed E-state index contributed by atoms with van der Waals surface area (Å²) < 4.78 is 13.0. The number of anilines is 1. The first-order valence-corrected chi connectivity index (χ1v) is 8.52. The van der Waals surface area contributed by atoms with Crippen LogP contribution in [0.25, 0.3) is 11.0 Å². The number of benzene rings is 2. The molecule has 0 saturated heterocycles. The molecule has 0 radical (unpaired) electrons. The SMILES string of the molecule is COc1ccc(C(=O)Nc2cc3c(cc2C)n(C)c(=O)c(=O)n3C)cc1OC. The number of carbonyl (C=O) groups excluding carboxylic acids is 1. The second-order valence-corrected chi connectivity index (χ2v) is 6.41. The quantitative estimate of drug-likeness (QED) is 0.694. The number of fused-ring (bicyclic) bond motifs is 1. The lowest BCUT2D eigenvalue weighted by Crippen LogP contribution is -2.39. The molecule has 3 aromatic rings. The molecule has 0 aliphatic rings. The third kappa shape index (κ3) is 3.13. The van der Waals surface area contributed by atoms with E-state index < -0.39 is 11.1 Å². The Morgan fingerprint density at radius 1 is 0.893 bits per heavy atom. The third-order valence-corrected chi connectivity index (χ3v) is 4.73. The Labute approximate surface area is 160 Å². The predicted molar refractivity (Wildman–Crippen MR) is 107 cm³/mol. The molecule has 146 valence electrons. The molecule has 8 nitrogen and oxygen atoms in total. The topological polar surface area (TPSA) is 91.6 Å². The second kappa shape index (κ2) is 7.22. The molecule has 1 heterocycles. The fraction of sp³-hybridized carbons (Fsp3) is 0.250. The van der Waals surface area contributed by atoms with Crippen molar-refractivity contribution in [3.63, 3.8) is 0 Å². The second-order valence-electron chi connectivity index (χ2n) is 6.41. The molecule has 1 aromatic heterocycles. The summed E-state index contributed by atoms with van der Waals surface area (Å²) in [7, 11) is 6.10. The lowest BCUT2D eigenvalue weighted by Gasteiger charge is -2.14. The standard InChI is InChI=1S/C20H21N3O5/c1-11-8-14-15(23(3)20(26)19(25)22(14)2)10-13(11)21-18(24)12-6-7-16(27-4)17(9-12)28-5/h6-10H,1-5H3,(H,21,24). The minimum Gasteiger partial charge on any atom is -0.493 e. The van der Waals surface area contributed by atoms with Crippen LogP contribution in [0.2, 0.25) is 0 Å². The Bertz CT molecular complexity index is 1210. The first-order chi connectivity index (χ1) is 13.3. The highest BCUT2D eigenvalue weighted by molar-refractivity contribution is 6.05. The molecule has 3 rings (SSSR count). The zero-order chi connectivity index (χ0) is 20.6. The van der Waals surface area contributed by atoms with E-state index in [0.717, 1.165) is 5.56 Å². The van der Waals surface area contributed by atoms with E-state index in [1.165, 1.54) is 30.4 Å². The monoisotopic (exact) mass is 383 g/mol. The van der Waals surface area contributed by atoms with Gasteiger partial charge in [-0.25, -0.2) is 0 Å². The number of hydrogen-bond acceptors (Lipinski definition) is 5. The molecule has 8 heteroatoms. The zero-order valence-electron chi connectivity index (χ0n) is 16.3. The average Bonchev–Trinajstić information content (AvgIpc) is 2.71. The summed E-state index contributed by atoms with van der Waals surface area (Å²) in [4.78, 5) is 36.8. The predicted octanol–water partition coefficient (Wildman–Crippen LogP) is 1.82. The number of ether oxygens (including phenoxy) is 2. The average molecular weight is 383 g/mol. The number of methoxy groups -OCH3 is 2. The molecule has 1 amide bonds. The molecule has 0 bridgehead atoms. The summed E-state index contributed by atoms with van der Waals surface area (Å²) in [6.07, 6.45) is 0. The third-order valence-electron chi connectivity index (χ3n) is 4.73. The number of hydrogen-bond donors (Lipinski definition) is 1. The Hall–Kier alpha value is -3.55. The van der Waals surface area contributed by atoms with Crippen LogP contribution in [-0.2, 0) is 14.1 Å². The number of aryl methyl sites for hydroxylation is 3. The number of amides is 1. The highest BCUT2D eigenvalue weighted by Gasteiger charge is 2.15.